The molecule has 0 aliphatic rings. The molecule has 0 aliphatic heterocycles. The fourth-order valence-electron chi connectivity index (χ4n) is 1.81. The second-order valence-electron chi connectivity index (χ2n) is 4.04. The molecular formula is C14H12BrFINO. The van der Waals surface area contributed by atoms with Gasteiger partial charge in [-0.1, -0.05) is 22.0 Å². The van der Waals surface area contributed by atoms with Crippen LogP contribution >= 0.6 is 38.5 Å². The largest absolute Gasteiger partial charge is 0.494 e. The highest BCUT2D eigenvalue weighted by Gasteiger charge is 2.15. The Balaban J connectivity index is 2.41. The van der Waals surface area contributed by atoms with Crippen LogP contribution in [0, 0.1) is 9.39 Å². The maximum Gasteiger partial charge on any atom is 0.165 e. The van der Waals surface area contributed by atoms with Gasteiger partial charge >= 0.3 is 0 Å². The maximum absolute atomic E-state index is 13.7. The predicted molar refractivity (Wildman–Crippen MR) is 85.8 cm³/mol. The van der Waals surface area contributed by atoms with Gasteiger partial charge in [-0.3, -0.25) is 0 Å². The highest BCUT2D eigenvalue weighted by Crippen LogP contribution is 2.29. The minimum atomic E-state index is -0.402. The molecule has 0 saturated heterocycles. The Morgan fingerprint density at radius 1 is 1.26 bits per heavy atom. The molecule has 2 rings (SSSR count). The molecule has 2 nitrogen and oxygen atoms in total. The van der Waals surface area contributed by atoms with Gasteiger partial charge in [-0.2, -0.15) is 0 Å². The van der Waals surface area contributed by atoms with Gasteiger partial charge in [0, 0.05) is 8.04 Å². The fraction of sp³-hybridized carbons (Fsp3) is 0.143. The molecule has 0 aliphatic carbocycles. The van der Waals surface area contributed by atoms with Crippen molar-refractivity contribution in [2.75, 3.05) is 7.11 Å². The van der Waals surface area contributed by atoms with Crippen molar-refractivity contribution in [2.45, 2.75) is 6.04 Å². The van der Waals surface area contributed by atoms with Gasteiger partial charge in [-0.15, -0.1) is 0 Å². The van der Waals surface area contributed by atoms with Gasteiger partial charge in [-0.25, -0.2) is 4.39 Å². The summed E-state index contributed by atoms with van der Waals surface area (Å²) < 4.78 is 20.6. The Bertz CT molecular complexity index is 606. The molecule has 1 unspecified atom stereocenters. The summed E-state index contributed by atoms with van der Waals surface area (Å²) in [5, 5.41) is 0. The van der Waals surface area contributed by atoms with Crippen molar-refractivity contribution in [3.63, 3.8) is 0 Å². The first-order valence-corrected chi connectivity index (χ1v) is 7.44. The van der Waals surface area contributed by atoms with Crippen molar-refractivity contribution in [3.05, 3.63) is 61.4 Å². The average molecular weight is 436 g/mol. The Kier molecular flexibility index (Phi) is 4.81. The average Bonchev–Trinajstić information content (AvgIpc) is 2.40. The molecule has 0 heterocycles. The molecule has 0 fully saturated rings. The van der Waals surface area contributed by atoms with E-state index in [1.807, 2.05) is 18.2 Å². The molecule has 5 heteroatoms. The monoisotopic (exact) mass is 435 g/mol. The van der Waals surface area contributed by atoms with E-state index in [-0.39, 0.29) is 11.8 Å². The van der Waals surface area contributed by atoms with Crippen molar-refractivity contribution in [1.29, 1.82) is 0 Å². The third kappa shape index (κ3) is 3.27. The molecule has 0 aromatic heterocycles. The van der Waals surface area contributed by atoms with E-state index in [4.69, 9.17) is 10.5 Å². The molecule has 2 aromatic carbocycles. The summed E-state index contributed by atoms with van der Waals surface area (Å²) in [6.45, 7) is 0. The van der Waals surface area contributed by atoms with Crippen LogP contribution in [0.15, 0.2) is 40.9 Å². The van der Waals surface area contributed by atoms with E-state index in [9.17, 15) is 4.39 Å². The van der Waals surface area contributed by atoms with E-state index in [1.165, 1.54) is 13.2 Å². The first-order valence-electron chi connectivity index (χ1n) is 5.57. The summed E-state index contributed by atoms with van der Waals surface area (Å²) in [4.78, 5) is 0. The van der Waals surface area contributed by atoms with E-state index >= 15 is 0 Å². The van der Waals surface area contributed by atoms with E-state index in [2.05, 4.69) is 38.5 Å². The van der Waals surface area contributed by atoms with Crippen LogP contribution < -0.4 is 10.5 Å². The van der Waals surface area contributed by atoms with Gasteiger partial charge in [0.25, 0.3) is 0 Å². The number of methoxy groups -OCH3 is 1. The standard InChI is InChI=1S/C14H12BrFINO/c1-19-13-5-2-8(6-11(13)16)14(18)10-7-9(15)3-4-12(10)17/h2-7,14H,18H2,1H3. The van der Waals surface area contributed by atoms with Crippen LogP contribution in [0.3, 0.4) is 0 Å². The van der Waals surface area contributed by atoms with Crippen molar-refractivity contribution >= 4 is 38.5 Å². The lowest BCUT2D eigenvalue weighted by molar-refractivity contribution is 0.386. The second kappa shape index (κ2) is 6.19. The molecule has 0 spiro atoms. The number of rotatable bonds is 3. The summed E-state index contributed by atoms with van der Waals surface area (Å²) in [6.07, 6.45) is 0. The predicted octanol–water partition coefficient (Wildman–Crippen LogP) is 4.25. The zero-order chi connectivity index (χ0) is 14.0. The van der Waals surface area contributed by atoms with Crippen LogP contribution in [0.4, 0.5) is 4.39 Å². The molecule has 0 radical (unpaired) electrons. The number of hydrogen-bond donors (Lipinski definition) is 1. The third-order valence-electron chi connectivity index (χ3n) is 2.83. The van der Waals surface area contributed by atoms with Crippen LogP contribution in [-0.2, 0) is 0 Å². The zero-order valence-corrected chi connectivity index (χ0v) is 13.9. The maximum atomic E-state index is 13.7. The van der Waals surface area contributed by atoms with E-state index in [0.717, 1.165) is 13.6 Å². The highest BCUT2D eigenvalue weighted by atomic mass is 127. The lowest BCUT2D eigenvalue weighted by atomic mass is 9.99. The van der Waals surface area contributed by atoms with Gasteiger partial charge in [0.05, 0.1) is 13.2 Å². The Labute approximate surface area is 133 Å². The van der Waals surface area contributed by atoms with Gasteiger partial charge in [0.1, 0.15) is 0 Å². The number of nitrogens with two attached hydrogens (primary N) is 1. The van der Waals surface area contributed by atoms with Gasteiger partial charge in [0.2, 0.25) is 0 Å². The summed E-state index contributed by atoms with van der Waals surface area (Å²) in [5.74, 6) is -0.180. The SMILES string of the molecule is COc1ccc(C(N)c2cc(Br)ccc2I)cc1F. The van der Waals surface area contributed by atoms with E-state index < -0.39 is 5.82 Å². The number of halogens is 3. The molecule has 100 valence electrons. The Hall–Kier alpha value is -0.660. The van der Waals surface area contributed by atoms with Crippen molar-refractivity contribution in [2.24, 2.45) is 5.73 Å². The molecule has 1 atom stereocenters. The minimum Gasteiger partial charge on any atom is -0.494 e. The quantitative estimate of drug-likeness (QED) is 0.731. The molecule has 19 heavy (non-hydrogen) atoms. The number of hydrogen-bond acceptors (Lipinski definition) is 2. The summed E-state index contributed by atoms with van der Waals surface area (Å²) >= 11 is 5.64. The van der Waals surface area contributed by atoms with Crippen LogP contribution in [0.2, 0.25) is 0 Å². The Morgan fingerprint density at radius 2 is 2.00 bits per heavy atom. The van der Waals surface area contributed by atoms with Crippen LogP contribution in [-0.4, -0.2) is 7.11 Å². The molecule has 2 aromatic rings. The number of ether oxygens (including phenoxy) is 1. The molecule has 2 N–H and O–H groups in total. The zero-order valence-electron chi connectivity index (χ0n) is 10.2. The van der Waals surface area contributed by atoms with Crippen molar-refractivity contribution < 1.29 is 9.13 Å². The lowest BCUT2D eigenvalue weighted by Crippen LogP contribution is -2.13. The van der Waals surface area contributed by atoms with Gasteiger partial charge in [-0.05, 0) is 64.0 Å². The number of benzene rings is 2. The lowest BCUT2D eigenvalue weighted by Gasteiger charge is -2.15. The van der Waals surface area contributed by atoms with Gasteiger partial charge < -0.3 is 10.5 Å². The minimum absolute atomic E-state index is 0.222. The van der Waals surface area contributed by atoms with Gasteiger partial charge in [0.15, 0.2) is 11.6 Å². The summed E-state index contributed by atoms with van der Waals surface area (Å²) in [7, 11) is 1.44. The molecule has 0 amide bonds. The second-order valence-corrected chi connectivity index (χ2v) is 6.12. The molecule has 0 saturated carbocycles. The first-order chi connectivity index (χ1) is 9.02. The van der Waals surface area contributed by atoms with Crippen LogP contribution in [0.1, 0.15) is 17.2 Å². The molecular weight excluding hydrogens is 424 g/mol. The third-order valence-corrected chi connectivity index (χ3v) is 4.30. The smallest absolute Gasteiger partial charge is 0.165 e. The summed E-state index contributed by atoms with van der Waals surface area (Å²) in [5.41, 5.74) is 7.89. The van der Waals surface area contributed by atoms with Crippen LogP contribution in [0.25, 0.3) is 0 Å². The highest BCUT2D eigenvalue weighted by molar-refractivity contribution is 14.1. The van der Waals surface area contributed by atoms with Crippen molar-refractivity contribution in [3.8, 4) is 5.75 Å². The van der Waals surface area contributed by atoms with Crippen molar-refractivity contribution in [1.82, 2.24) is 0 Å². The normalized spacial score (nSPS) is 12.3. The molecule has 0 bridgehead atoms. The van der Waals surface area contributed by atoms with E-state index in [0.29, 0.717) is 5.56 Å². The summed E-state index contributed by atoms with van der Waals surface area (Å²) in [6, 6.07) is 10.3. The topological polar surface area (TPSA) is 35.2 Å². The van der Waals surface area contributed by atoms with E-state index in [1.54, 1.807) is 12.1 Å². The Morgan fingerprint density at radius 3 is 2.63 bits per heavy atom. The van der Waals surface area contributed by atoms with Crippen LogP contribution in [0.5, 0.6) is 5.75 Å². The first kappa shape index (κ1) is 14.7. The fourth-order valence-corrected chi connectivity index (χ4v) is 2.86.